The zero-order chi connectivity index (χ0) is 20.5. The van der Waals surface area contributed by atoms with E-state index < -0.39 is 5.97 Å². The Hall–Kier alpha value is -3.12. The van der Waals surface area contributed by atoms with E-state index in [1.807, 2.05) is 38.2 Å². The van der Waals surface area contributed by atoms with Crippen molar-refractivity contribution in [3.63, 3.8) is 0 Å². The molecule has 1 aliphatic rings. The first-order valence-electron chi connectivity index (χ1n) is 9.85. The van der Waals surface area contributed by atoms with Gasteiger partial charge in [-0.25, -0.2) is 4.79 Å². The number of esters is 1. The Balaban J connectivity index is 1.59. The summed E-state index contributed by atoms with van der Waals surface area (Å²) < 4.78 is 6.75. The Morgan fingerprint density at radius 1 is 1.17 bits per heavy atom. The summed E-state index contributed by atoms with van der Waals surface area (Å²) in [6, 6.07) is 14.3. The molecule has 1 aromatic heterocycles. The van der Waals surface area contributed by atoms with Crippen LogP contribution in [0.4, 0.5) is 5.69 Å². The number of anilines is 1. The molecule has 1 atom stereocenters. The third-order valence-corrected chi connectivity index (χ3v) is 5.72. The molecule has 1 amide bonds. The topological polar surface area (TPSA) is 64.8 Å². The third-order valence-electron chi connectivity index (χ3n) is 5.72. The zero-order valence-electron chi connectivity index (χ0n) is 17.0. The predicted octanol–water partition coefficient (Wildman–Crippen LogP) is 1.85. The summed E-state index contributed by atoms with van der Waals surface area (Å²) in [6.07, 6.45) is 0.972. The number of hydrogen-bond donors (Lipinski definition) is 2. The number of carbonyl (C=O) groups excluding carboxylic acids is 2. The number of amides is 1. The number of quaternary nitrogens is 1. The summed E-state index contributed by atoms with van der Waals surface area (Å²) >= 11 is 0. The number of ether oxygens (including phenoxy) is 1. The maximum Gasteiger partial charge on any atom is 0.356 e. The van der Waals surface area contributed by atoms with Crippen LogP contribution in [0.5, 0.6) is 0 Å². The van der Waals surface area contributed by atoms with E-state index in [2.05, 4.69) is 23.5 Å². The fourth-order valence-corrected chi connectivity index (χ4v) is 4.23. The van der Waals surface area contributed by atoms with Gasteiger partial charge in [-0.05, 0) is 24.6 Å². The van der Waals surface area contributed by atoms with Gasteiger partial charge < -0.3 is 19.5 Å². The first-order chi connectivity index (χ1) is 14.0. The van der Waals surface area contributed by atoms with Crippen LogP contribution in [0.15, 0.2) is 42.5 Å². The lowest BCUT2D eigenvalue weighted by Gasteiger charge is -2.25. The Bertz CT molecular complexity index is 1100. The largest absolute Gasteiger partial charge is 0.464 e. The van der Waals surface area contributed by atoms with Crippen LogP contribution >= 0.6 is 0 Å². The Kier molecular flexibility index (Phi) is 5.11. The summed E-state index contributed by atoms with van der Waals surface area (Å²) in [6.45, 7) is 4.10. The molecule has 0 fully saturated rings. The fourth-order valence-electron chi connectivity index (χ4n) is 4.23. The molecule has 0 saturated heterocycles. The average Bonchev–Trinajstić information content (AvgIpc) is 2.98. The van der Waals surface area contributed by atoms with Gasteiger partial charge in [-0.1, -0.05) is 35.9 Å². The number of fused-ring (bicyclic) bond motifs is 2. The molecule has 3 aromatic rings. The molecule has 0 aliphatic carbocycles. The number of benzene rings is 2. The number of carbonyl (C=O) groups is 2. The van der Waals surface area contributed by atoms with Crippen LogP contribution < -0.4 is 10.2 Å². The predicted molar refractivity (Wildman–Crippen MR) is 112 cm³/mol. The number of rotatable bonds is 4. The van der Waals surface area contributed by atoms with Crippen molar-refractivity contribution in [3.8, 4) is 0 Å². The fraction of sp³-hybridized carbons (Fsp3) is 0.304. The van der Waals surface area contributed by atoms with Crippen LogP contribution in [0.3, 0.4) is 0 Å². The number of hydrogen-bond acceptors (Lipinski definition) is 3. The second-order valence-corrected chi connectivity index (χ2v) is 7.72. The number of nitrogens with zero attached hydrogens (tertiary/aromatic N) is 1. The van der Waals surface area contributed by atoms with Gasteiger partial charge in [-0.2, -0.15) is 0 Å². The van der Waals surface area contributed by atoms with Crippen molar-refractivity contribution in [1.29, 1.82) is 0 Å². The molecular formula is C23H26N3O3+. The Morgan fingerprint density at radius 3 is 2.69 bits per heavy atom. The standard InChI is InChI=1S/C23H25N3O3/c1-15-8-9-19-18(12-15)21(22(25(19)2)23(28)29-3)24-20(27)14-26-11-10-16-6-4-5-7-17(16)13-26/h4-9,12H,10-11,13-14H2,1-3H3,(H,24,27)/p+1. The quantitative estimate of drug-likeness (QED) is 0.666. The van der Waals surface area contributed by atoms with E-state index in [0.29, 0.717) is 17.9 Å². The van der Waals surface area contributed by atoms with Crippen LogP contribution in [0.25, 0.3) is 10.9 Å². The number of nitrogens with one attached hydrogen (secondary N) is 2. The molecule has 4 rings (SSSR count). The minimum absolute atomic E-state index is 0.0986. The second-order valence-electron chi connectivity index (χ2n) is 7.72. The van der Waals surface area contributed by atoms with Gasteiger partial charge in [-0.15, -0.1) is 0 Å². The van der Waals surface area contributed by atoms with Crippen molar-refractivity contribution >= 4 is 28.5 Å². The van der Waals surface area contributed by atoms with Crippen molar-refractivity contribution in [1.82, 2.24) is 4.57 Å². The van der Waals surface area contributed by atoms with Gasteiger partial charge in [-0.3, -0.25) is 4.79 Å². The molecule has 2 heterocycles. The van der Waals surface area contributed by atoms with Crippen LogP contribution in [0.2, 0.25) is 0 Å². The SMILES string of the molecule is COC(=O)c1c(NC(=O)C[NH+]2CCc3ccccc3C2)c2cc(C)ccc2n1C. The van der Waals surface area contributed by atoms with Crippen molar-refractivity contribution in [2.24, 2.45) is 7.05 Å². The minimum atomic E-state index is -0.462. The molecule has 1 aliphatic heterocycles. The van der Waals surface area contributed by atoms with Crippen molar-refractivity contribution in [2.75, 3.05) is 25.5 Å². The monoisotopic (exact) mass is 392 g/mol. The maximum atomic E-state index is 12.9. The summed E-state index contributed by atoms with van der Waals surface area (Å²) in [5.74, 6) is -0.561. The van der Waals surface area contributed by atoms with Gasteiger partial charge in [0, 0.05) is 24.4 Å². The normalized spacial score (nSPS) is 15.8. The molecule has 0 spiro atoms. The molecule has 0 bridgehead atoms. The van der Waals surface area contributed by atoms with Crippen LogP contribution in [-0.2, 0) is 29.5 Å². The van der Waals surface area contributed by atoms with E-state index in [9.17, 15) is 9.59 Å². The molecule has 2 N–H and O–H groups in total. The van der Waals surface area contributed by atoms with Gasteiger partial charge in [0.05, 0.1) is 24.9 Å². The highest BCUT2D eigenvalue weighted by Gasteiger charge is 2.26. The number of aryl methyl sites for hydroxylation is 2. The lowest BCUT2D eigenvalue weighted by atomic mass is 10.00. The van der Waals surface area contributed by atoms with Crippen LogP contribution in [-0.4, -0.2) is 36.6 Å². The first kappa shape index (κ1) is 19.2. The van der Waals surface area contributed by atoms with Gasteiger partial charge in [0.2, 0.25) is 0 Å². The van der Waals surface area contributed by atoms with Gasteiger partial charge in [0.15, 0.2) is 12.2 Å². The number of methoxy groups -OCH3 is 1. The van der Waals surface area contributed by atoms with Gasteiger partial charge in [0.25, 0.3) is 5.91 Å². The summed E-state index contributed by atoms with van der Waals surface area (Å²) in [4.78, 5) is 26.5. The van der Waals surface area contributed by atoms with Crippen LogP contribution in [0, 0.1) is 6.92 Å². The third kappa shape index (κ3) is 3.63. The van der Waals surface area contributed by atoms with Gasteiger partial charge in [0.1, 0.15) is 6.54 Å². The first-order valence-corrected chi connectivity index (χ1v) is 9.85. The summed E-state index contributed by atoms with van der Waals surface area (Å²) in [5.41, 5.74) is 5.51. The van der Waals surface area contributed by atoms with E-state index in [1.165, 1.54) is 23.1 Å². The molecule has 150 valence electrons. The van der Waals surface area contributed by atoms with Crippen molar-refractivity contribution in [2.45, 2.75) is 19.9 Å². The minimum Gasteiger partial charge on any atom is -0.464 e. The highest BCUT2D eigenvalue weighted by molar-refractivity contribution is 6.11. The highest BCUT2D eigenvalue weighted by Crippen LogP contribution is 2.31. The van der Waals surface area contributed by atoms with E-state index in [1.54, 1.807) is 4.57 Å². The molecular weight excluding hydrogens is 366 g/mol. The zero-order valence-corrected chi connectivity index (χ0v) is 17.0. The molecule has 6 nitrogen and oxygen atoms in total. The lowest BCUT2D eigenvalue weighted by Crippen LogP contribution is -3.12. The van der Waals surface area contributed by atoms with Crippen molar-refractivity contribution < 1.29 is 19.2 Å². The maximum absolute atomic E-state index is 12.9. The molecule has 29 heavy (non-hydrogen) atoms. The molecule has 6 heteroatoms. The van der Waals surface area contributed by atoms with Crippen LogP contribution in [0.1, 0.15) is 27.2 Å². The second kappa shape index (κ2) is 7.72. The van der Waals surface area contributed by atoms with E-state index >= 15 is 0 Å². The molecule has 1 unspecified atom stereocenters. The summed E-state index contributed by atoms with van der Waals surface area (Å²) in [7, 11) is 3.17. The molecule has 0 saturated carbocycles. The van der Waals surface area contributed by atoms with Gasteiger partial charge >= 0.3 is 5.97 Å². The summed E-state index contributed by atoms with van der Waals surface area (Å²) in [5, 5.41) is 3.85. The highest BCUT2D eigenvalue weighted by atomic mass is 16.5. The van der Waals surface area contributed by atoms with E-state index in [4.69, 9.17) is 4.74 Å². The smallest absolute Gasteiger partial charge is 0.356 e. The Labute approximate surface area is 170 Å². The molecule has 2 aromatic carbocycles. The number of aromatic nitrogens is 1. The Morgan fingerprint density at radius 2 is 1.93 bits per heavy atom. The average molecular weight is 392 g/mol. The van der Waals surface area contributed by atoms with Crippen molar-refractivity contribution in [3.05, 3.63) is 64.8 Å². The molecule has 0 radical (unpaired) electrons. The lowest BCUT2D eigenvalue weighted by molar-refractivity contribution is -0.907. The van der Waals surface area contributed by atoms with E-state index in [-0.39, 0.29) is 5.91 Å². The van der Waals surface area contributed by atoms with E-state index in [0.717, 1.165) is 36.0 Å².